The highest BCUT2D eigenvalue weighted by atomic mass is 19.4. The lowest BCUT2D eigenvalue weighted by molar-refractivity contribution is -0.137. The van der Waals surface area contributed by atoms with Gasteiger partial charge in [0.15, 0.2) is 0 Å². The van der Waals surface area contributed by atoms with Gasteiger partial charge in [-0.1, -0.05) is 0 Å². The van der Waals surface area contributed by atoms with Gasteiger partial charge < -0.3 is 15.4 Å². The second-order valence-corrected chi connectivity index (χ2v) is 7.33. The molecule has 30 heavy (non-hydrogen) atoms. The third-order valence-corrected chi connectivity index (χ3v) is 4.89. The van der Waals surface area contributed by atoms with Crippen molar-refractivity contribution >= 4 is 17.1 Å². The van der Waals surface area contributed by atoms with Crippen LogP contribution in [0, 0.1) is 11.2 Å². The predicted octanol–water partition coefficient (Wildman–Crippen LogP) is 4.31. The third-order valence-electron chi connectivity index (χ3n) is 4.89. The molecular formula is C20H19F4N5O. The van der Waals surface area contributed by atoms with Crippen molar-refractivity contribution < 1.29 is 22.3 Å². The standard InChI is InChI=1S/C20H19F4N5O/c21-14-1-3-15(4-2-14)28-16-5-6-18(17(7-16)20(22,23)24)26-8-19(10-30-11-19)9-29-13-25-12-27-29/h1-7,12-13,26,28H,8-11H2. The molecule has 2 heterocycles. The van der Waals surface area contributed by atoms with Crippen LogP contribution in [0.4, 0.5) is 34.6 Å². The topological polar surface area (TPSA) is 64.0 Å². The molecule has 10 heteroatoms. The van der Waals surface area contributed by atoms with E-state index in [1.165, 1.54) is 36.7 Å². The zero-order valence-corrected chi connectivity index (χ0v) is 15.8. The molecule has 2 aromatic carbocycles. The SMILES string of the molecule is Fc1ccc(Nc2ccc(NCC3(Cn4cncn4)COC3)c(C(F)(F)F)c2)cc1. The fourth-order valence-corrected chi connectivity index (χ4v) is 3.29. The van der Waals surface area contributed by atoms with Gasteiger partial charge in [0.25, 0.3) is 0 Å². The fraction of sp³-hybridized carbons (Fsp3) is 0.300. The van der Waals surface area contributed by atoms with Crippen LogP contribution >= 0.6 is 0 Å². The number of benzene rings is 2. The average Bonchev–Trinajstić information content (AvgIpc) is 3.18. The predicted molar refractivity (Wildman–Crippen MR) is 103 cm³/mol. The molecule has 0 amide bonds. The Morgan fingerprint density at radius 2 is 1.80 bits per heavy atom. The molecule has 3 aromatic rings. The van der Waals surface area contributed by atoms with Gasteiger partial charge in [-0.15, -0.1) is 0 Å². The number of anilines is 3. The Morgan fingerprint density at radius 1 is 1.07 bits per heavy atom. The van der Waals surface area contributed by atoms with E-state index in [0.29, 0.717) is 32.0 Å². The Labute approximate surface area is 169 Å². The highest BCUT2D eigenvalue weighted by molar-refractivity contribution is 5.66. The molecule has 0 saturated carbocycles. The number of hydrogen-bond acceptors (Lipinski definition) is 5. The highest BCUT2D eigenvalue weighted by Crippen LogP contribution is 2.38. The number of alkyl halides is 3. The van der Waals surface area contributed by atoms with Crippen molar-refractivity contribution in [1.82, 2.24) is 14.8 Å². The van der Waals surface area contributed by atoms with E-state index in [4.69, 9.17) is 4.74 Å². The van der Waals surface area contributed by atoms with Gasteiger partial charge in [0.1, 0.15) is 18.5 Å². The van der Waals surface area contributed by atoms with Crippen LogP contribution in [0.2, 0.25) is 0 Å². The van der Waals surface area contributed by atoms with Gasteiger partial charge in [-0.2, -0.15) is 18.3 Å². The molecule has 1 aliphatic rings. The molecule has 1 saturated heterocycles. The van der Waals surface area contributed by atoms with Gasteiger partial charge in [0.05, 0.1) is 30.7 Å². The quantitative estimate of drug-likeness (QED) is 0.557. The lowest BCUT2D eigenvalue weighted by Gasteiger charge is -2.41. The van der Waals surface area contributed by atoms with Crippen LogP contribution in [0.5, 0.6) is 0 Å². The van der Waals surface area contributed by atoms with Crippen molar-refractivity contribution in [2.75, 3.05) is 30.4 Å². The first-order valence-corrected chi connectivity index (χ1v) is 9.21. The summed E-state index contributed by atoms with van der Waals surface area (Å²) < 4.78 is 61.0. The first kappa shape index (κ1) is 20.1. The van der Waals surface area contributed by atoms with Gasteiger partial charge in [0, 0.05) is 23.6 Å². The van der Waals surface area contributed by atoms with E-state index in [-0.39, 0.29) is 16.8 Å². The second-order valence-electron chi connectivity index (χ2n) is 7.33. The summed E-state index contributed by atoms with van der Waals surface area (Å²) in [4.78, 5) is 3.89. The number of halogens is 4. The number of nitrogens with one attached hydrogen (secondary N) is 2. The summed E-state index contributed by atoms with van der Waals surface area (Å²) >= 11 is 0. The maximum Gasteiger partial charge on any atom is 0.418 e. The maximum absolute atomic E-state index is 13.7. The highest BCUT2D eigenvalue weighted by Gasteiger charge is 2.40. The number of rotatable bonds is 7. The smallest absolute Gasteiger partial charge is 0.384 e. The van der Waals surface area contributed by atoms with E-state index >= 15 is 0 Å². The van der Waals surface area contributed by atoms with E-state index in [1.54, 1.807) is 17.1 Å². The second kappa shape index (κ2) is 7.94. The third kappa shape index (κ3) is 4.54. The fourth-order valence-electron chi connectivity index (χ4n) is 3.29. The van der Waals surface area contributed by atoms with E-state index in [9.17, 15) is 17.6 Å². The Balaban J connectivity index is 1.51. The normalized spacial score (nSPS) is 15.5. The molecule has 4 rings (SSSR count). The van der Waals surface area contributed by atoms with E-state index in [1.807, 2.05) is 0 Å². The molecule has 0 radical (unpaired) electrons. The Morgan fingerprint density at radius 3 is 2.40 bits per heavy atom. The summed E-state index contributed by atoms with van der Waals surface area (Å²) in [5.74, 6) is -0.420. The molecule has 1 aliphatic heterocycles. The zero-order valence-electron chi connectivity index (χ0n) is 15.8. The molecule has 1 aromatic heterocycles. The first-order chi connectivity index (χ1) is 14.3. The van der Waals surface area contributed by atoms with Crippen molar-refractivity contribution in [1.29, 1.82) is 0 Å². The minimum absolute atomic E-state index is 0.0166. The minimum atomic E-state index is -4.54. The monoisotopic (exact) mass is 421 g/mol. The van der Waals surface area contributed by atoms with Gasteiger partial charge in [-0.3, -0.25) is 4.68 Å². The van der Waals surface area contributed by atoms with Crippen molar-refractivity contribution in [3.63, 3.8) is 0 Å². The number of ether oxygens (including phenoxy) is 1. The van der Waals surface area contributed by atoms with Crippen LogP contribution < -0.4 is 10.6 Å². The van der Waals surface area contributed by atoms with Crippen LogP contribution in [0.3, 0.4) is 0 Å². The van der Waals surface area contributed by atoms with Crippen LogP contribution in [0.1, 0.15) is 5.56 Å². The zero-order chi connectivity index (χ0) is 21.2. The van der Waals surface area contributed by atoms with E-state index < -0.39 is 17.6 Å². The van der Waals surface area contributed by atoms with Gasteiger partial charge >= 0.3 is 6.18 Å². The Kier molecular flexibility index (Phi) is 5.33. The van der Waals surface area contributed by atoms with E-state index in [2.05, 4.69) is 20.7 Å². The number of aromatic nitrogens is 3. The van der Waals surface area contributed by atoms with Crippen LogP contribution in [0.25, 0.3) is 0 Å². The molecule has 2 N–H and O–H groups in total. The molecule has 1 fully saturated rings. The number of hydrogen-bond donors (Lipinski definition) is 2. The van der Waals surface area contributed by atoms with Gasteiger partial charge in [0.2, 0.25) is 0 Å². The summed E-state index contributed by atoms with van der Waals surface area (Å²) in [5, 5.41) is 9.86. The van der Waals surface area contributed by atoms with Crippen LogP contribution in [-0.2, 0) is 17.5 Å². The molecule has 6 nitrogen and oxygen atoms in total. The lowest BCUT2D eigenvalue weighted by atomic mass is 9.85. The van der Waals surface area contributed by atoms with Gasteiger partial charge in [-0.25, -0.2) is 9.37 Å². The molecule has 0 aliphatic carbocycles. The summed E-state index contributed by atoms with van der Waals surface area (Å²) in [6, 6.07) is 9.35. The first-order valence-electron chi connectivity index (χ1n) is 9.21. The molecule has 0 atom stereocenters. The van der Waals surface area contributed by atoms with Crippen molar-refractivity contribution in [2.24, 2.45) is 5.41 Å². The lowest BCUT2D eigenvalue weighted by Crippen LogP contribution is -2.50. The van der Waals surface area contributed by atoms with Crippen LogP contribution in [0.15, 0.2) is 55.1 Å². The molecule has 0 spiro atoms. The van der Waals surface area contributed by atoms with Gasteiger partial charge in [-0.05, 0) is 42.5 Å². The van der Waals surface area contributed by atoms with Crippen LogP contribution in [-0.4, -0.2) is 34.5 Å². The number of nitrogens with zero attached hydrogens (tertiary/aromatic N) is 3. The van der Waals surface area contributed by atoms with Crippen molar-refractivity contribution in [3.8, 4) is 0 Å². The van der Waals surface area contributed by atoms with Crippen molar-refractivity contribution in [2.45, 2.75) is 12.7 Å². The van der Waals surface area contributed by atoms with E-state index in [0.717, 1.165) is 6.07 Å². The summed E-state index contributed by atoms with van der Waals surface area (Å²) in [7, 11) is 0. The summed E-state index contributed by atoms with van der Waals surface area (Å²) in [5.41, 5.74) is -0.420. The Hall–Kier alpha value is -3.14. The Bertz CT molecular complexity index is 985. The molecule has 0 bridgehead atoms. The van der Waals surface area contributed by atoms with Crippen molar-refractivity contribution in [3.05, 3.63) is 66.5 Å². The largest absolute Gasteiger partial charge is 0.418 e. The molecular weight excluding hydrogens is 402 g/mol. The average molecular weight is 421 g/mol. The maximum atomic E-state index is 13.7. The molecule has 0 unspecified atom stereocenters. The molecule has 158 valence electrons. The summed E-state index contributed by atoms with van der Waals surface area (Å²) in [6.07, 6.45) is -1.57. The minimum Gasteiger partial charge on any atom is -0.384 e. The summed E-state index contributed by atoms with van der Waals surface area (Å²) in [6.45, 7) is 1.63.